The van der Waals surface area contributed by atoms with Gasteiger partial charge >= 0.3 is 0 Å². The van der Waals surface area contributed by atoms with Crippen LogP contribution in [0.5, 0.6) is 0 Å². The zero-order valence-electron chi connectivity index (χ0n) is 13.8. The Balaban J connectivity index is 1.97. The van der Waals surface area contributed by atoms with E-state index in [4.69, 9.17) is 4.18 Å². The Kier molecular flexibility index (Phi) is 5.13. The molecule has 0 N–H and O–H groups in total. The molecule has 0 heterocycles. The summed E-state index contributed by atoms with van der Waals surface area (Å²) < 4.78 is 29.6. The number of benzene rings is 1. The van der Waals surface area contributed by atoms with Crippen LogP contribution in [0.4, 0.5) is 0 Å². The maximum absolute atomic E-state index is 12.2. The minimum absolute atomic E-state index is 0.173. The van der Waals surface area contributed by atoms with Crippen LogP contribution in [0, 0.1) is 18.3 Å². The predicted molar refractivity (Wildman–Crippen MR) is 89.2 cm³/mol. The summed E-state index contributed by atoms with van der Waals surface area (Å²) in [5.41, 5.74) is 2.43. The molecule has 122 valence electrons. The monoisotopic (exact) mass is 322 g/mol. The van der Waals surface area contributed by atoms with Gasteiger partial charge in [0.1, 0.15) is 0 Å². The normalized spacial score (nSPS) is 21.8. The van der Waals surface area contributed by atoms with Crippen LogP contribution in [0.1, 0.15) is 45.1 Å². The van der Waals surface area contributed by atoms with E-state index in [9.17, 15) is 8.42 Å². The lowest BCUT2D eigenvalue weighted by molar-refractivity contribution is 0.157. The molecule has 0 bridgehead atoms. The Hall–Kier alpha value is -1.13. The third-order valence-electron chi connectivity index (χ3n) is 4.71. The second-order valence-electron chi connectivity index (χ2n) is 6.93. The molecule has 0 aliphatic heterocycles. The van der Waals surface area contributed by atoms with Crippen LogP contribution in [-0.2, 0) is 14.3 Å². The molecule has 0 radical (unpaired) electrons. The maximum Gasteiger partial charge on any atom is 0.296 e. The highest BCUT2D eigenvalue weighted by Gasteiger charge is 2.34. The minimum atomic E-state index is -3.66. The van der Waals surface area contributed by atoms with Gasteiger partial charge in [-0.15, -0.1) is 0 Å². The summed E-state index contributed by atoms with van der Waals surface area (Å²) in [5.74, 6) is 0.328. The van der Waals surface area contributed by atoms with E-state index in [0.29, 0.717) is 12.3 Å². The highest BCUT2D eigenvalue weighted by Crippen LogP contribution is 2.44. The third kappa shape index (κ3) is 3.99. The van der Waals surface area contributed by atoms with Gasteiger partial charge in [-0.3, -0.25) is 4.18 Å². The van der Waals surface area contributed by atoms with Gasteiger partial charge in [0.05, 0.1) is 11.5 Å². The Morgan fingerprint density at radius 2 is 1.91 bits per heavy atom. The first-order valence-corrected chi connectivity index (χ1v) is 9.27. The molecule has 0 unspecified atom stereocenters. The Morgan fingerprint density at radius 3 is 2.50 bits per heavy atom. The number of hydrogen-bond acceptors (Lipinski definition) is 3. The summed E-state index contributed by atoms with van der Waals surface area (Å²) in [4.78, 5) is 0.222. The molecule has 1 aromatic rings. The molecule has 0 amide bonds. The quantitative estimate of drug-likeness (QED) is 0.593. The lowest BCUT2D eigenvalue weighted by Crippen LogP contribution is -2.30. The average Bonchev–Trinajstić information content (AvgIpc) is 2.42. The number of hydrogen-bond donors (Lipinski definition) is 0. The third-order valence-corrected chi connectivity index (χ3v) is 6.04. The van der Waals surface area contributed by atoms with Crippen LogP contribution in [0.2, 0.25) is 0 Å². The molecule has 1 atom stereocenters. The molecule has 1 saturated carbocycles. The van der Waals surface area contributed by atoms with Gasteiger partial charge in [-0.2, -0.15) is 8.42 Å². The van der Waals surface area contributed by atoms with Gasteiger partial charge in [0.2, 0.25) is 0 Å². The summed E-state index contributed by atoms with van der Waals surface area (Å²) >= 11 is 0. The number of allylic oxidation sites excluding steroid dienone is 1. The van der Waals surface area contributed by atoms with Crippen molar-refractivity contribution in [1.82, 2.24) is 0 Å². The fraction of sp³-hybridized carbons (Fsp3) is 0.556. The van der Waals surface area contributed by atoms with Crippen molar-refractivity contribution in [3.8, 4) is 0 Å². The van der Waals surface area contributed by atoms with E-state index in [1.165, 1.54) is 12.0 Å². The van der Waals surface area contributed by atoms with Crippen molar-refractivity contribution in [1.29, 1.82) is 0 Å². The van der Waals surface area contributed by atoms with Crippen LogP contribution in [0.15, 0.2) is 41.3 Å². The molecule has 1 aromatic carbocycles. The zero-order valence-corrected chi connectivity index (χ0v) is 14.6. The molecular weight excluding hydrogens is 296 g/mol. The Labute approximate surface area is 134 Å². The predicted octanol–water partition coefficient (Wildman–Crippen LogP) is 4.47. The molecule has 22 heavy (non-hydrogen) atoms. The fourth-order valence-electron chi connectivity index (χ4n) is 3.32. The summed E-state index contributed by atoms with van der Waals surface area (Å²) in [5, 5.41) is 0. The van der Waals surface area contributed by atoms with Crippen LogP contribution in [-0.4, -0.2) is 15.0 Å². The minimum Gasteiger partial charge on any atom is -0.266 e. The van der Waals surface area contributed by atoms with Crippen LogP contribution in [0.25, 0.3) is 0 Å². The molecule has 1 aliphatic rings. The first-order valence-electron chi connectivity index (χ1n) is 7.86. The van der Waals surface area contributed by atoms with E-state index < -0.39 is 10.1 Å². The van der Waals surface area contributed by atoms with Gasteiger partial charge in [-0.1, -0.05) is 43.7 Å². The summed E-state index contributed by atoms with van der Waals surface area (Å²) in [6.45, 7) is 10.8. The van der Waals surface area contributed by atoms with Crippen molar-refractivity contribution >= 4 is 10.1 Å². The van der Waals surface area contributed by atoms with Crippen LogP contribution < -0.4 is 0 Å². The molecule has 0 saturated heterocycles. The van der Waals surface area contributed by atoms with Crippen molar-refractivity contribution in [2.24, 2.45) is 11.3 Å². The highest BCUT2D eigenvalue weighted by atomic mass is 32.2. The van der Waals surface area contributed by atoms with Gasteiger partial charge in [0, 0.05) is 0 Å². The number of aryl methyl sites for hydroxylation is 1. The smallest absolute Gasteiger partial charge is 0.266 e. The van der Waals surface area contributed by atoms with Gasteiger partial charge in [-0.05, 0) is 56.1 Å². The zero-order chi connectivity index (χ0) is 16.4. The molecule has 2 rings (SSSR count). The molecule has 1 fully saturated rings. The van der Waals surface area contributed by atoms with Gasteiger partial charge < -0.3 is 0 Å². The van der Waals surface area contributed by atoms with E-state index >= 15 is 0 Å². The standard InChI is InChI=1S/C18H26O3S/c1-14-7-9-16(10-8-14)22(19,20)21-13-11-17-15(2)6-5-12-18(17,3)4/h7-10,17H,2,5-6,11-13H2,1,3-4H3/t17-/m1/s1. The summed E-state index contributed by atoms with van der Waals surface area (Å²) in [6.07, 6.45) is 4.07. The van der Waals surface area contributed by atoms with E-state index in [2.05, 4.69) is 20.4 Å². The van der Waals surface area contributed by atoms with Crippen molar-refractivity contribution in [3.63, 3.8) is 0 Å². The SMILES string of the molecule is C=C1CCCC(C)(C)[C@@H]1CCOS(=O)(=O)c1ccc(C)cc1. The Bertz CT molecular complexity index is 627. The van der Waals surface area contributed by atoms with Crippen molar-refractivity contribution in [2.45, 2.75) is 51.3 Å². The topological polar surface area (TPSA) is 43.4 Å². The first kappa shape index (κ1) is 17.2. The molecular formula is C18H26O3S. The highest BCUT2D eigenvalue weighted by molar-refractivity contribution is 7.86. The molecule has 0 aromatic heterocycles. The first-order chi connectivity index (χ1) is 10.2. The van der Waals surface area contributed by atoms with Crippen molar-refractivity contribution in [3.05, 3.63) is 42.0 Å². The largest absolute Gasteiger partial charge is 0.296 e. The van der Waals surface area contributed by atoms with Gasteiger partial charge in [0.25, 0.3) is 10.1 Å². The summed E-state index contributed by atoms with van der Waals surface area (Å²) in [6, 6.07) is 6.74. The molecule has 1 aliphatic carbocycles. The second-order valence-corrected chi connectivity index (χ2v) is 8.55. The molecule has 4 heteroatoms. The van der Waals surface area contributed by atoms with Gasteiger partial charge in [0.15, 0.2) is 0 Å². The summed E-state index contributed by atoms with van der Waals surface area (Å²) in [7, 11) is -3.66. The van der Waals surface area contributed by atoms with E-state index in [-0.39, 0.29) is 16.9 Å². The fourth-order valence-corrected chi connectivity index (χ4v) is 4.24. The average molecular weight is 322 g/mol. The van der Waals surface area contributed by atoms with Crippen molar-refractivity contribution in [2.75, 3.05) is 6.61 Å². The van der Waals surface area contributed by atoms with Crippen LogP contribution in [0.3, 0.4) is 0 Å². The van der Waals surface area contributed by atoms with E-state index in [1.807, 2.05) is 6.92 Å². The second kappa shape index (κ2) is 6.55. The molecule has 0 spiro atoms. The Morgan fingerprint density at radius 1 is 1.27 bits per heavy atom. The lowest BCUT2D eigenvalue weighted by Gasteiger charge is -2.40. The van der Waals surface area contributed by atoms with Crippen molar-refractivity contribution < 1.29 is 12.6 Å². The maximum atomic E-state index is 12.2. The number of rotatable bonds is 5. The molecule has 3 nitrogen and oxygen atoms in total. The van der Waals surface area contributed by atoms with Gasteiger partial charge in [-0.25, -0.2) is 0 Å². The van der Waals surface area contributed by atoms with E-state index in [0.717, 1.165) is 18.4 Å². The van der Waals surface area contributed by atoms with E-state index in [1.54, 1.807) is 24.3 Å². The lowest BCUT2D eigenvalue weighted by atomic mass is 9.66. The van der Waals surface area contributed by atoms with Crippen LogP contribution >= 0.6 is 0 Å².